The van der Waals surface area contributed by atoms with Gasteiger partial charge in [-0.2, -0.15) is 0 Å². The number of nitrogens with zero attached hydrogens (tertiary/aromatic N) is 3. The lowest BCUT2D eigenvalue weighted by Gasteiger charge is -2.01. The van der Waals surface area contributed by atoms with Crippen LogP contribution in [0.3, 0.4) is 0 Å². The molecule has 0 radical (unpaired) electrons. The first-order valence-electron chi connectivity index (χ1n) is 5.77. The molecule has 0 fully saturated rings. The minimum atomic E-state index is -0.206. The van der Waals surface area contributed by atoms with E-state index >= 15 is 0 Å². The molecule has 100 valence electrons. The van der Waals surface area contributed by atoms with Crippen LogP contribution < -0.4 is 11.1 Å². The summed E-state index contributed by atoms with van der Waals surface area (Å²) in [7, 11) is 0. The normalized spacial score (nSPS) is 10.4. The van der Waals surface area contributed by atoms with E-state index in [1.807, 2.05) is 24.3 Å². The molecule has 0 saturated carbocycles. The van der Waals surface area contributed by atoms with Gasteiger partial charge in [0.25, 0.3) is 0 Å². The summed E-state index contributed by atoms with van der Waals surface area (Å²) in [6.45, 7) is 0.967. The van der Waals surface area contributed by atoms with E-state index in [1.165, 1.54) is 0 Å². The van der Waals surface area contributed by atoms with Crippen LogP contribution in [0.2, 0.25) is 0 Å². The van der Waals surface area contributed by atoms with E-state index in [4.69, 9.17) is 5.73 Å². The van der Waals surface area contributed by atoms with Crippen LogP contribution in [0.15, 0.2) is 34.9 Å². The van der Waals surface area contributed by atoms with Gasteiger partial charge in [-0.25, -0.2) is 4.68 Å². The van der Waals surface area contributed by atoms with Crippen LogP contribution in [0.5, 0.6) is 0 Å². The molecule has 19 heavy (non-hydrogen) atoms. The Balaban J connectivity index is 1.93. The van der Waals surface area contributed by atoms with Gasteiger partial charge in [0.1, 0.15) is 5.69 Å². The number of aromatic nitrogens is 3. The molecule has 1 aromatic heterocycles. The first kappa shape index (κ1) is 13.7. The van der Waals surface area contributed by atoms with Crippen LogP contribution in [0.4, 0.5) is 0 Å². The van der Waals surface area contributed by atoms with E-state index in [2.05, 4.69) is 31.6 Å². The van der Waals surface area contributed by atoms with Crippen LogP contribution >= 0.6 is 15.9 Å². The number of hydrogen-bond acceptors (Lipinski definition) is 4. The van der Waals surface area contributed by atoms with E-state index in [0.29, 0.717) is 18.8 Å². The maximum atomic E-state index is 11.0. The minimum Gasteiger partial charge on any atom is -0.349 e. The second-order valence-electron chi connectivity index (χ2n) is 4.01. The molecule has 6 nitrogen and oxygen atoms in total. The van der Waals surface area contributed by atoms with Crippen LogP contribution in [0, 0.1) is 0 Å². The van der Waals surface area contributed by atoms with Gasteiger partial charge < -0.3 is 11.1 Å². The van der Waals surface area contributed by atoms with Crippen LogP contribution in [-0.4, -0.2) is 27.4 Å². The Hall–Kier alpha value is -1.73. The molecule has 0 saturated heterocycles. The highest BCUT2D eigenvalue weighted by Gasteiger charge is 2.03. The molecular formula is C12H14BrN5O. The smallest absolute Gasteiger partial charge is 0.234 e. The first-order valence-corrected chi connectivity index (χ1v) is 6.57. The fourth-order valence-electron chi connectivity index (χ4n) is 1.53. The van der Waals surface area contributed by atoms with E-state index in [0.717, 1.165) is 10.0 Å². The molecule has 7 heteroatoms. The highest BCUT2D eigenvalue weighted by Crippen LogP contribution is 2.11. The lowest BCUT2D eigenvalue weighted by molar-refractivity contribution is -0.119. The van der Waals surface area contributed by atoms with Crippen LogP contribution in [0.25, 0.3) is 0 Å². The van der Waals surface area contributed by atoms with Gasteiger partial charge in [0.15, 0.2) is 0 Å². The Labute approximate surface area is 119 Å². The van der Waals surface area contributed by atoms with Gasteiger partial charge in [0, 0.05) is 4.47 Å². The zero-order valence-electron chi connectivity index (χ0n) is 10.2. The molecule has 3 N–H and O–H groups in total. The van der Waals surface area contributed by atoms with Crippen molar-refractivity contribution in [1.82, 2.24) is 20.3 Å². The van der Waals surface area contributed by atoms with Gasteiger partial charge in [-0.05, 0) is 17.7 Å². The quantitative estimate of drug-likeness (QED) is 0.846. The Kier molecular flexibility index (Phi) is 4.64. The number of benzene rings is 1. The molecule has 1 amide bonds. The van der Waals surface area contributed by atoms with Crippen LogP contribution in [0.1, 0.15) is 11.3 Å². The number of carbonyl (C=O) groups is 1. The van der Waals surface area contributed by atoms with Crippen molar-refractivity contribution < 1.29 is 4.79 Å². The maximum absolute atomic E-state index is 11.0. The molecule has 0 spiro atoms. The molecular weight excluding hydrogens is 310 g/mol. The second kappa shape index (κ2) is 6.44. The molecule has 2 rings (SSSR count). The van der Waals surface area contributed by atoms with Gasteiger partial charge in [-0.1, -0.05) is 33.3 Å². The van der Waals surface area contributed by atoms with Crippen molar-refractivity contribution in [2.75, 3.05) is 6.54 Å². The molecule has 0 atom stereocenters. The molecule has 0 aliphatic carbocycles. The average Bonchev–Trinajstić information content (AvgIpc) is 2.86. The number of carbonyl (C=O) groups excluding carboxylic acids is 1. The Morgan fingerprint density at radius 2 is 2.11 bits per heavy atom. The molecule has 1 heterocycles. The van der Waals surface area contributed by atoms with Crippen molar-refractivity contribution in [3.63, 3.8) is 0 Å². The van der Waals surface area contributed by atoms with Crippen molar-refractivity contribution in [2.24, 2.45) is 5.73 Å². The summed E-state index contributed by atoms with van der Waals surface area (Å²) >= 11 is 3.39. The molecule has 0 unspecified atom stereocenters. The van der Waals surface area contributed by atoms with Crippen molar-refractivity contribution in [1.29, 1.82) is 0 Å². The van der Waals surface area contributed by atoms with E-state index in [9.17, 15) is 4.79 Å². The topological polar surface area (TPSA) is 85.8 Å². The molecule has 0 aliphatic heterocycles. The summed E-state index contributed by atoms with van der Waals surface area (Å²) in [4.78, 5) is 11.0. The monoisotopic (exact) mass is 323 g/mol. The average molecular weight is 324 g/mol. The fourth-order valence-corrected chi connectivity index (χ4v) is 1.80. The number of amides is 1. The maximum Gasteiger partial charge on any atom is 0.234 e. The third-order valence-electron chi connectivity index (χ3n) is 2.50. The Bertz CT molecular complexity index is 552. The van der Waals surface area contributed by atoms with Crippen molar-refractivity contribution in [3.8, 4) is 0 Å². The minimum absolute atomic E-state index is 0.0208. The van der Waals surface area contributed by atoms with Crippen molar-refractivity contribution in [3.05, 3.63) is 46.2 Å². The lowest BCUT2D eigenvalue weighted by Crippen LogP contribution is -2.29. The first-order chi connectivity index (χ1) is 9.17. The van der Waals surface area contributed by atoms with E-state index < -0.39 is 0 Å². The third-order valence-corrected chi connectivity index (χ3v) is 3.02. The molecule has 1 aromatic carbocycles. The zero-order chi connectivity index (χ0) is 13.7. The fraction of sp³-hybridized carbons (Fsp3) is 0.250. The second-order valence-corrected chi connectivity index (χ2v) is 4.93. The number of nitrogens with one attached hydrogen (secondary N) is 1. The molecule has 0 aliphatic rings. The van der Waals surface area contributed by atoms with Gasteiger partial charge >= 0.3 is 0 Å². The number of halogens is 1. The van der Waals surface area contributed by atoms with E-state index in [-0.39, 0.29) is 12.5 Å². The number of hydrogen-bond donors (Lipinski definition) is 2. The molecule has 0 bridgehead atoms. The summed E-state index contributed by atoms with van der Waals surface area (Å²) in [5.41, 5.74) is 7.04. The summed E-state index contributed by atoms with van der Waals surface area (Å²) < 4.78 is 2.77. The van der Waals surface area contributed by atoms with Crippen molar-refractivity contribution >= 4 is 21.8 Å². The van der Waals surface area contributed by atoms with Gasteiger partial charge in [0.05, 0.1) is 25.8 Å². The Morgan fingerprint density at radius 3 is 2.79 bits per heavy atom. The lowest BCUT2D eigenvalue weighted by atomic mass is 10.2. The van der Waals surface area contributed by atoms with Gasteiger partial charge in [-0.15, -0.1) is 5.10 Å². The largest absolute Gasteiger partial charge is 0.349 e. The van der Waals surface area contributed by atoms with Gasteiger partial charge in [0.2, 0.25) is 5.91 Å². The SMILES string of the molecule is NCC(=O)NCc1cn(Cc2ccc(Br)cc2)nn1. The standard InChI is InChI=1S/C12H14BrN5O/c13-10-3-1-9(2-4-10)7-18-8-11(16-17-18)6-15-12(19)5-14/h1-4,8H,5-7,14H2,(H,15,19). The highest BCUT2D eigenvalue weighted by atomic mass is 79.9. The third kappa shape index (κ3) is 4.15. The van der Waals surface area contributed by atoms with E-state index in [1.54, 1.807) is 10.9 Å². The summed E-state index contributed by atoms with van der Waals surface area (Å²) in [5.74, 6) is -0.206. The van der Waals surface area contributed by atoms with Gasteiger partial charge in [-0.3, -0.25) is 4.79 Å². The highest BCUT2D eigenvalue weighted by molar-refractivity contribution is 9.10. The van der Waals surface area contributed by atoms with Crippen LogP contribution in [-0.2, 0) is 17.9 Å². The molecule has 2 aromatic rings. The summed E-state index contributed by atoms with van der Waals surface area (Å²) in [5, 5.41) is 10.6. The Morgan fingerprint density at radius 1 is 1.37 bits per heavy atom. The number of nitrogens with two attached hydrogens (primary N) is 1. The zero-order valence-corrected chi connectivity index (χ0v) is 11.8. The summed E-state index contributed by atoms with van der Waals surface area (Å²) in [6.07, 6.45) is 1.80. The predicted octanol–water partition coefficient (Wildman–Crippen LogP) is 0.664. The van der Waals surface area contributed by atoms with Crippen molar-refractivity contribution in [2.45, 2.75) is 13.1 Å². The predicted molar refractivity (Wildman–Crippen MR) is 74.2 cm³/mol. The summed E-state index contributed by atoms with van der Waals surface area (Å²) in [6, 6.07) is 7.99. The number of rotatable bonds is 5.